The first-order valence-electron chi connectivity index (χ1n) is 6.54. The fourth-order valence-electron chi connectivity index (χ4n) is 1.14. The van der Waals surface area contributed by atoms with Crippen LogP contribution in [0.25, 0.3) is 0 Å². The number of carbonyl (C=O) groups excluding carboxylic acids is 2. The van der Waals surface area contributed by atoms with Gasteiger partial charge in [0.05, 0.1) is 19.8 Å². The van der Waals surface area contributed by atoms with Crippen LogP contribution in [0.5, 0.6) is 0 Å². The molecule has 3 N–H and O–H groups in total. The highest BCUT2D eigenvalue weighted by molar-refractivity contribution is 5.77. The van der Waals surface area contributed by atoms with Crippen molar-refractivity contribution in [1.82, 2.24) is 16.0 Å². The van der Waals surface area contributed by atoms with Crippen molar-refractivity contribution in [3.8, 4) is 0 Å². The summed E-state index contributed by atoms with van der Waals surface area (Å²) in [6.07, 6.45) is 0.449. The number of ether oxygens (including phenoxy) is 2. The van der Waals surface area contributed by atoms with Crippen LogP contribution in [0.2, 0.25) is 0 Å². The van der Waals surface area contributed by atoms with Crippen molar-refractivity contribution in [2.45, 2.75) is 13.3 Å². The molecule has 0 heterocycles. The van der Waals surface area contributed by atoms with Crippen molar-refractivity contribution in [2.75, 3.05) is 53.1 Å². The lowest BCUT2D eigenvalue weighted by Gasteiger charge is -2.07. The number of carbonyl (C=O) groups is 2. The topological polar surface area (TPSA) is 88.7 Å². The van der Waals surface area contributed by atoms with Crippen LogP contribution in [0.1, 0.15) is 13.3 Å². The lowest BCUT2D eigenvalue weighted by atomic mass is 10.4. The van der Waals surface area contributed by atoms with Crippen molar-refractivity contribution in [3.05, 3.63) is 0 Å². The van der Waals surface area contributed by atoms with Crippen molar-refractivity contribution in [1.29, 1.82) is 0 Å². The van der Waals surface area contributed by atoms with Crippen LogP contribution in [-0.4, -0.2) is 64.9 Å². The summed E-state index contributed by atoms with van der Waals surface area (Å²) in [4.78, 5) is 22.2. The molecule has 2 amide bonds. The van der Waals surface area contributed by atoms with Crippen molar-refractivity contribution in [3.63, 3.8) is 0 Å². The number of rotatable bonds is 12. The lowest BCUT2D eigenvalue weighted by Crippen LogP contribution is -2.36. The Labute approximate surface area is 114 Å². The Balaban J connectivity index is 3.23. The van der Waals surface area contributed by atoms with Crippen LogP contribution in [-0.2, 0) is 19.1 Å². The van der Waals surface area contributed by atoms with E-state index in [1.807, 2.05) is 7.05 Å². The van der Waals surface area contributed by atoms with E-state index in [1.54, 1.807) is 6.92 Å². The second-order valence-electron chi connectivity index (χ2n) is 3.82. The van der Waals surface area contributed by atoms with Gasteiger partial charge in [0.2, 0.25) is 11.8 Å². The minimum Gasteiger partial charge on any atom is -0.378 e. The van der Waals surface area contributed by atoms with Gasteiger partial charge in [-0.3, -0.25) is 9.59 Å². The van der Waals surface area contributed by atoms with Crippen molar-refractivity contribution >= 4 is 11.8 Å². The first-order chi connectivity index (χ1) is 9.20. The molecular formula is C12H25N3O4. The number of hydrogen-bond donors (Lipinski definition) is 3. The zero-order valence-electron chi connectivity index (χ0n) is 11.8. The quantitative estimate of drug-likeness (QED) is 0.393. The predicted octanol–water partition coefficient (Wildman–Crippen LogP) is -1.12. The highest BCUT2D eigenvalue weighted by atomic mass is 16.5. The second kappa shape index (κ2) is 13.3. The van der Waals surface area contributed by atoms with Gasteiger partial charge >= 0.3 is 0 Å². The molecule has 7 heteroatoms. The Bertz CT molecular complexity index is 249. The maximum Gasteiger partial charge on any atom is 0.246 e. The minimum atomic E-state index is -0.194. The third-order valence-corrected chi connectivity index (χ3v) is 2.19. The van der Waals surface area contributed by atoms with Crippen molar-refractivity contribution in [2.24, 2.45) is 0 Å². The highest BCUT2D eigenvalue weighted by Crippen LogP contribution is 1.79. The Hall–Kier alpha value is -1.18. The van der Waals surface area contributed by atoms with Gasteiger partial charge in [-0.05, 0) is 7.05 Å². The van der Waals surface area contributed by atoms with E-state index in [1.165, 1.54) is 0 Å². The molecule has 19 heavy (non-hydrogen) atoms. The maximum absolute atomic E-state index is 11.3. The molecule has 0 aromatic rings. The summed E-state index contributed by atoms with van der Waals surface area (Å²) >= 11 is 0. The van der Waals surface area contributed by atoms with E-state index >= 15 is 0 Å². The van der Waals surface area contributed by atoms with E-state index in [0.29, 0.717) is 39.3 Å². The van der Waals surface area contributed by atoms with Crippen LogP contribution in [0.3, 0.4) is 0 Å². The molecule has 7 nitrogen and oxygen atoms in total. The van der Waals surface area contributed by atoms with Crippen LogP contribution in [0.4, 0.5) is 0 Å². The molecule has 0 aliphatic carbocycles. The summed E-state index contributed by atoms with van der Waals surface area (Å²) in [7, 11) is 1.85. The predicted molar refractivity (Wildman–Crippen MR) is 71.9 cm³/mol. The molecular weight excluding hydrogens is 250 g/mol. The number of hydrogen-bond acceptors (Lipinski definition) is 5. The summed E-state index contributed by atoms with van der Waals surface area (Å²) in [5.41, 5.74) is 0. The molecule has 0 saturated carbocycles. The van der Waals surface area contributed by atoms with E-state index in [2.05, 4.69) is 16.0 Å². The molecule has 0 unspecified atom stereocenters. The molecule has 0 bridgehead atoms. The Morgan fingerprint density at radius 2 is 1.53 bits per heavy atom. The third kappa shape index (κ3) is 13.1. The Morgan fingerprint density at radius 3 is 2.16 bits per heavy atom. The summed E-state index contributed by atoms with van der Waals surface area (Å²) in [5.74, 6) is -0.217. The molecule has 0 fully saturated rings. The largest absolute Gasteiger partial charge is 0.378 e. The molecule has 0 rings (SSSR count). The SMILES string of the molecule is CCC(=O)NCCNC(=O)COCCOCCNC. The first kappa shape index (κ1) is 17.8. The second-order valence-corrected chi connectivity index (χ2v) is 3.82. The fourth-order valence-corrected chi connectivity index (χ4v) is 1.14. The zero-order valence-corrected chi connectivity index (χ0v) is 11.8. The Morgan fingerprint density at radius 1 is 0.895 bits per heavy atom. The van der Waals surface area contributed by atoms with Crippen LogP contribution in [0, 0.1) is 0 Å². The van der Waals surface area contributed by atoms with Gasteiger partial charge in [0, 0.05) is 26.1 Å². The summed E-state index contributed by atoms with van der Waals surface area (Å²) < 4.78 is 10.4. The molecule has 0 aromatic carbocycles. The minimum absolute atomic E-state index is 0.0110. The number of amides is 2. The fraction of sp³-hybridized carbons (Fsp3) is 0.833. The number of likely N-dealkylation sites (N-methyl/N-ethyl adjacent to an activating group) is 1. The molecule has 0 spiro atoms. The van der Waals surface area contributed by atoms with Gasteiger partial charge in [-0.1, -0.05) is 6.92 Å². The molecule has 0 aliphatic rings. The molecule has 0 radical (unpaired) electrons. The molecule has 0 saturated heterocycles. The van der Waals surface area contributed by atoms with Gasteiger partial charge in [-0.25, -0.2) is 0 Å². The smallest absolute Gasteiger partial charge is 0.246 e. The van der Waals surface area contributed by atoms with Crippen LogP contribution >= 0.6 is 0 Å². The summed E-state index contributed by atoms with van der Waals surface area (Å²) in [5, 5.41) is 8.26. The molecule has 112 valence electrons. The average molecular weight is 275 g/mol. The molecule has 0 atom stereocenters. The summed E-state index contributed by atoms with van der Waals surface area (Å²) in [6.45, 7) is 4.92. The zero-order chi connectivity index (χ0) is 14.3. The third-order valence-electron chi connectivity index (χ3n) is 2.19. The standard InChI is InChI=1S/C12H25N3O4/c1-3-11(16)14-4-5-15-12(17)10-19-9-8-18-7-6-13-2/h13H,3-10H2,1-2H3,(H,14,16)(H,15,17). The first-order valence-corrected chi connectivity index (χ1v) is 6.54. The van der Waals surface area contributed by atoms with Gasteiger partial charge in [0.15, 0.2) is 0 Å². The molecule has 0 aromatic heterocycles. The normalized spacial score (nSPS) is 10.2. The van der Waals surface area contributed by atoms with Crippen LogP contribution in [0.15, 0.2) is 0 Å². The van der Waals surface area contributed by atoms with Gasteiger partial charge in [-0.2, -0.15) is 0 Å². The van der Waals surface area contributed by atoms with Gasteiger partial charge in [0.25, 0.3) is 0 Å². The van der Waals surface area contributed by atoms with Gasteiger partial charge in [0.1, 0.15) is 6.61 Å². The number of nitrogens with one attached hydrogen (secondary N) is 3. The Kier molecular flexibility index (Phi) is 12.4. The van der Waals surface area contributed by atoms with Gasteiger partial charge < -0.3 is 25.4 Å². The van der Waals surface area contributed by atoms with E-state index in [0.717, 1.165) is 6.54 Å². The van der Waals surface area contributed by atoms with Gasteiger partial charge in [-0.15, -0.1) is 0 Å². The van der Waals surface area contributed by atoms with E-state index in [-0.39, 0.29) is 18.4 Å². The van der Waals surface area contributed by atoms with E-state index < -0.39 is 0 Å². The van der Waals surface area contributed by atoms with E-state index in [9.17, 15) is 9.59 Å². The van der Waals surface area contributed by atoms with Crippen molar-refractivity contribution < 1.29 is 19.1 Å². The van der Waals surface area contributed by atoms with Crippen LogP contribution < -0.4 is 16.0 Å². The monoisotopic (exact) mass is 275 g/mol. The maximum atomic E-state index is 11.3. The highest BCUT2D eigenvalue weighted by Gasteiger charge is 2.01. The average Bonchev–Trinajstić information content (AvgIpc) is 2.42. The molecule has 0 aliphatic heterocycles. The lowest BCUT2D eigenvalue weighted by molar-refractivity contribution is -0.126. The van der Waals surface area contributed by atoms with E-state index in [4.69, 9.17) is 9.47 Å². The summed E-state index contributed by atoms with van der Waals surface area (Å²) in [6, 6.07) is 0.